The molecule has 0 bridgehead atoms. The number of nitrogens with two attached hydrogens (primary N) is 1. The number of carboxylic acids is 1. The number of carbonyl (C=O) groups is 1. The van der Waals surface area contributed by atoms with Crippen LogP contribution in [0.5, 0.6) is 11.5 Å². The summed E-state index contributed by atoms with van der Waals surface area (Å²) in [5.74, 6) is 0.213. The predicted octanol–water partition coefficient (Wildman–Crippen LogP) is 5.24. The van der Waals surface area contributed by atoms with Crippen molar-refractivity contribution in [2.75, 3.05) is 25.9 Å². The van der Waals surface area contributed by atoms with Gasteiger partial charge in [-0.05, 0) is 68.5 Å². The first-order valence-electron chi connectivity index (χ1n) is 11.2. The number of rotatable bonds is 10. The van der Waals surface area contributed by atoms with E-state index >= 15 is 0 Å². The van der Waals surface area contributed by atoms with Crippen LogP contribution in [0.1, 0.15) is 34.5 Å². The molecule has 0 amide bonds. The number of carboxylic acid groups (broad SMARTS) is 1. The van der Waals surface area contributed by atoms with E-state index in [4.69, 9.17) is 15.6 Å². The Labute approximate surface area is 206 Å². The molecular weight excluding hydrogens is 476 g/mol. The maximum atomic E-state index is 12.3. The Kier molecular flexibility index (Phi) is 9.39. The van der Waals surface area contributed by atoms with Gasteiger partial charge in [0.15, 0.2) is 22.3 Å². The van der Waals surface area contributed by atoms with Gasteiger partial charge in [-0.15, -0.1) is 0 Å². The minimum atomic E-state index is -2.84. The Balaban J connectivity index is 0.000000198. The molecule has 1 aromatic heterocycles. The van der Waals surface area contributed by atoms with Crippen LogP contribution in [0.4, 0.5) is 13.9 Å². The Morgan fingerprint density at radius 2 is 2.03 bits per heavy atom. The van der Waals surface area contributed by atoms with Gasteiger partial charge >= 0.3 is 12.6 Å². The third-order valence-corrected chi connectivity index (χ3v) is 6.22. The standard InChI is InChI=1S/C14H19F2NO2.C11H10N2O2S/c1-18-12-5-4-10(8-13(12)19-14(15)16)6-7-17-9-11-2-3-11;1-6-3-2-4-7(5-6)9-8(10(14)15)13-11(12)16-9/h4-5,8,11,14,17H,2-3,6-7,9H2,1H3;2-5H,1H3,(H2,12,13)(H,14,15). The van der Waals surface area contributed by atoms with Crippen molar-refractivity contribution in [2.24, 2.45) is 5.92 Å². The molecular formula is C25H29F2N3O4S. The van der Waals surface area contributed by atoms with E-state index < -0.39 is 12.6 Å². The number of nitrogens with zero attached hydrogens (tertiary/aromatic N) is 1. The summed E-state index contributed by atoms with van der Waals surface area (Å²) in [6.45, 7) is 1.01. The second-order valence-electron chi connectivity index (χ2n) is 8.17. The van der Waals surface area contributed by atoms with Crippen LogP contribution in [0.25, 0.3) is 10.4 Å². The monoisotopic (exact) mass is 505 g/mol. The summed E-state index contributed by atoms with van der Waals surface area (Å²) < 4.78 is 34.0. The number of aromatic nitrogens is 1. The Morgan fingerprint density at radius 3 is 2.66 bits per heavy atom. The molecule has 4 N–H and O–H groups in total. The maximum absolute atomic E-state index is 12.3. The van der Waals surface area contributed by atoms with E-state index in [0.29, 0.717) is 10.6 Å². The second kappa shape index (κ2) is 12.5. The summed E-state index contributed by atoms with van der Waals surface area (Å²) in [5.41, 5.74) is 8.43. The number of benzene rings is 2. The van der Waals surface area contributed by atoms with Gasteiger partial charge in [0.1, 0.15) is 0 Å². The fourth-order valence-corrected chi connectivity index (χ4v) is 4.21. The Hall–Kier alpha value is -3.24. The van der Waals surface area contributed by atoms with Crippen molar-refractivity contribution in [3.8, 4) is 21.9 Å². The quantitative estimate of drug-likeness (QED) is 0.324. The molecule has 0 radical (unpaired) electrons. The van der Waals surface area contributed by atoms with Crippen molar-refractivity contribution in [3.05, 3.63) is 59.3 Å². The zero-order valence-electron chi connectivity index (χ0n) is 19.6. The second-order valence-corrected chi connectivity index (χ2v) is 9.20. The maximum Gasteiger partial charge on any atom is 0.387 e. The number of halogens is 2. The number of nitrogens with one attached hydrogen (secondary N) is 1. The van der Waals surface area contributed by atoms with E-state index in [9.17, 15) is 13.6 Å². The number of nitrogen functional groups attached to an aromatic ring is 1. The third kappa shape index (κ3) is 8.18. The molecule has 1 heterocycles. The lowest BCUT2D eigenvalue weighted by Gasteiger charge is -2.11. The van der Waals surface area contributed by atoms with E-state index in [1.54, 1.807) is 12.1 Å². The predicted molar refractivity (Wildman–Crippen MR) is 133 cm³/mol. The lowest BCUT2D eigenvalue weighted by Crippen LogP contribution is -2.19. The summed E-state index contributed by atoms with van der Waals surface area (Å²) in [5, 5.41) is 12.6. The molecule has 0 saturated heterocycles. The number of hydrogen-bond donors (Lipinski definition) is 3. The minimum absolute atomic E-state index is 0.0214. The number of aromatic carboxylic acids is 1. The molecule has 1 fully saturated rings. The molecule has 1 saturated carbocycles. The summed E-state index contributed by atoms with van der Waals surface area (Å²) in [7, 11) is 1.44. The summed E-state index contributed by atoms with van der Waals surface area (Å²) >= 11 is 1.19. The Bertz CT molecular complexity index is 1140. The molecule has 3 aromatic rings. The molecule has 7 nitrogen and oxygen atoms in total. The zero-order valence-corrected chi connectivity index (χ0v) is 20.4. The van der Waals surface area contributed by atoms with Crippen molar-refractivity contribution in [3.63, 3.8) is 0 Å². The first-order valence-corrected chi connectivity index (χ1v) is 12.0. The van der Waals surface area contributed by atoms with Crippen LogP contribution < -0.4 is 20.5 Å². The van der Waals surface area contributed by atoms with E-state index in [1.165, 1.54) is 31.3 Å². The largest absolute Gasteiger partial charge is 0.493 e. The van der Waals surface area contributed by atoms with Crippen LogP contribution in [0.3, 0.4) is 0 Å². The lowest BCUT2D eigenvalue weighted by molar-refractivity contribution is -0.0512. The SMILES string of the molecule is COc1ccc(CCNCC2CC2)cc1OC(F)F.Cc1cccc(-c2sc(N)nc2C(=O)O)c1. The fourth-order valence-electron chi connectivity index (χ4n) is 3.39. The van der Waals surface area contributed by atoms with E-state index in [-0.39, 0.29) is 16.6 Å². The molecule has 1 aliphatic rings. The molecule has 35 heavy (non-hydrogen) atoms. The van der Waals surface area contributed by atoms with Gasteiger partial charge in [-0.3, -0.25) is 0 Å². The van der Waals surface area contributed by atoms with Crippen molar-refractivity contribution in [1.82, 2.24) is 10.3 Å². The first kappa shape index (κ1) is 26.4. The number of anilines is 1. The molecule has 0 spiro atoms. The number of alkyl halides is 2. The average molecular weight is 506 g/mol. The van der Waals surface area contributed by atoms with Gasteiger partial charge in [0.2, 0.25) is 0 Å². The molecule has 2 aromatic carbocycles. The normalized spacial score (nSPS) is 12.7. The summed E-state index contributed by atoms with van der Waals surface area (Å²) in [6, 6.07) is 12.8. The minimum Gasteiger partial charge on any atom is -0.493 e. The fraction of sp³-hybridized carbons (Fsp3) is 0.360. The lowest BCUT2D eigenvalue weighted by atomic mass is 10.1. The van der Waals surface area contributed by atoms with Crippen LogP contribution in [-0.4, -0.2) is 42.9 Å². The molecule has 0 aliphatic heterocycles. The van der Waals surface area contributed by atoms with Crippen molar-refractivity contribution in [2.45, 2.75) is 32.8 Å². The topological polar surface area (TPSA) is 107 Å². The third-order valence-electron chi connectivity index (χ3n) is 5.29. The van der Waals surface area contributed by atoms with Gasteiger partial charge in [0.05, 0.1) is 12.0 Å². The molecule has 0 unspecified atom stereocenters. The molecule has 1 aliphatic carbocycles. The van der Waals surface area contributed by atoms with Crippen LogP contribution in [-0.2, 0) is 6.42 Å². The molecule has 0 atom stereocenters. The van der Waals surface area contributed by atoms with E-state index in [0.717, 1.165) is 42.1 Å². The van der Waals surface area contributed by atoms with Gasteiger partial charge < -0.3 is 25.6 Å². The van der Waals surface area contributed by atoms with Crippen molar-refractivity contribution in [1.29, 1.82) is 0 Å². The highest BCUT2D eigenvalue weighted by molar-refractivity contribution is 7.19. The zero-order chi connectivity index (χ0) is 25.4. The molecule has 188 valence electrons. The number of ether oxygens (including phenoxy) is 2. The number of aryl methyl sites for hydroxylation is 1. The van der Waals surface area contributed by atoms with E-state index in [2.05, 4.69) is 15.0 Å². The van der Waals surface area contributed by atoms with Crippen LogP contribution in [0, 0.1) is 12.8 Å². The van der Waals surface area contributed by atoms with Crippen LogP contribution in [0.15, 0.2) is 42.5 Å². The van der Waals surface area contributed by atoms with Crippen LogP contribution >= 0.6 is 11.3 Å². The number of hydrogen-bond acceptors (Lipinski definition) is 7. The first-order chi connectivity index (χ1) is 16.8. The average Bonchev–Trinajstić information content (AvgIpc) is 3.55. The van der Waals surface area contributed by atoms with Gasteiger partial charge in [-0.2, -0.15) is 8.78 Å². The highest BCUT2D eigenvalue weighted by Gasteiger charge is 2.20. The summed E-state index contributed by atoms with van der Waals surface area (Å²) in [4.78, 5) is 15.4. The van der Waals surface area contributed by atoms with Crippen molar-refractivity contribution < 1.29 is 28.2 Å². The highest BCUT2D eigenvalue weighted by Crippen LogP contribution is 2.32. The van der Waals surface area contributed by atoms with Crippen LogP contribution in [0.2, 0.25) is 0 Å². The highest BCUT2D eigenvalue weighted by atomic mass is 32.1. The molecule has 10 heteroatoms. The van der Waals surface area contributed by atoms with Gasteiger partial charge in [-0.1, -0.05) is 47.2 Å². The van der Waals surface area contributed by atoms with Gasteiger partial charge in [-0.25, -0.2) is 9.78 Å². The summed E-state index contributed by atoms with van der Waals surface area (Å²) in [6.07, 6.45) is 3.43. The van der Waals surface area contributed by atoms with Gasteiger partial charge in [0, 0.05) is 0 Å². The van der Waals surface area contributed by atoms with Gasteiger partial charge in [0.25, 0.3) is 0 Å². The number of thiazole rings is 1. The Morgan fingerprint density at radius 1 is 1.26 bits per heavy atom. The molecule has 4 rings (SSSR count). The van der Waals surface area contributed by atoms with E-state index in [1.807, 2.05) is 37.3 Å². The smallest absolute Gasteiger partial charge is 0.387 e. The number of methoxy groups -OCH3 is 1. The van der Waals surface area contributed by atoms with Crippen molar-refractivity contribution >= 4 is 22.4 Å².